The fraction of sp³-hybridized carbons (Fsp3) is 0.619. The van der Waals surface area contributed by atoms with Crippen LogP contribution in [0.25, 0.3) is 0 Å². The van der Waals surface area contributed by atoms with E-state index >= 15 is 0 Å². The van der Waals surface area contributed by atoms with Crippen molar-refractivity contribution < 1.29 is 28.7 Å². The number of fused-ring (bicyclic) bond motifs is 3. The number of carbonyl (C=O) groups excluding carboxylic acids is 2. The van der Waals surface area contributed by atoms with Gasteiger partial charge < -0.3 is 24.5 Å². The fourth-order valence-electron chi connectivity index (χ4n) is 4.46. The Morgan fingerprint density at radius 3 is 2.70 bits per heavy atom. The van der Waals surface area contributed by atoms with Gasteiger partial charge in [-0.1, -0.05) is 19.9 Å². The maximum absolute atomic E-state index is 12.9. The Morgan fingerprint density at radius 1 is 1.33 bits per heavy atom. The van der Waals surface area contributed by atoms with Crippen molar-refractivity contribution in [3.05, 3.63) is 28.8 Å². The number of esters is 1. The SMILES string of the molecule is Cc1c(C(=O)NC(C(=O)OCCN2CC3CC(C2)O3)C(C)C)ccc2c1B(O)OC2. The van der Waals surface area contributed by atoms with E-state index in [0.29, 0.717) is 48.6 Å². The molecule has 0 saturated carbocycles. The molecule has 3 unspecified atom stereocenters. The molecule has 3 atom stereocenters. The summed E-state index contributed by atoms with van der Waals surface area (Å²) in [7, 11) is -1.02. The minimum atomic E-state index is -1.02. The highest BCUT2D eigenvalue weighted by Gasteiger charge is 2.38. The van der Waals surface area contributed by atoms with Gasteiger partial charge in [0.25, 0.3) is 5.91 Å². The van der Waals surface area contributed by atoms with Crippen LogP contribution in [0.2, 0.25) is 0 Å². The zero-order valence-electron chi connectivity index (χ0n) is 17.7. The Hall–Kier alpha value is -1.94. The number of ether oxygens (including phenoxy) is 2. The van der Waals surface area contributed by atoms with Crippen molar-refractivity contribution in [3.8, 4) is 0 Å². The van der Waals surface area contributed by atoms with Crippen LogP contribution in [0.3, 0.4) is 0 Å². The summed E-state index contributed by atoms with van der Waals surface area (Å²) < 4.78 is 16.3. The van der Waals surface area contributed by atoms with E-state index in [-0.39, 0.29) is 11.8 Å². The van der Waals surface area contributed by atoms with Gasteiger partial charge in [-0.15, -0.1) is 0 Å². The van der Waals surface area contributed by atoms with Gasteiger partial charge >= 0.3 is 13.1 Å². The lowest BCUT2D eigenvalue weighted by atomic mass is 9.75. The Labute approximate surface area is 177 Å². The highest BCUT2D eigenvalue weighted by atomic mass is 16.5. The number of morpholine rings is 1. The Kier molecular flexibility index (Phi) is 6.15. The maximum atomic E-state index is 12.9. The van der Waals surface area contributed by atoms with Crippen molar-refractivity contribution in [3.63, 3.8) is 0 Å². The van der Waals surface area contributed by atoms with E-state index in [0.717, 1.165) is 25.1 Å². The number of piperidine rings is 1. The Bertz CT molecular complexity index is 816. The first kappa shape index (κ1) is 21.3. The topological polar surface area (TPSA) is 97.3 Å². The second-order valence-corrected chi connectivity index (χ2v) is 8.71. The van der Waals surface area contributed by atoms with Gasteiger partial charge in [-0.2, -0.15) is 0 Å². The molecule has 9 heteroatoms. The molecule has 162 valence electrons. The molecule has 0 spiro atoms. The van der Waals surface area contributed by atoms with Gasteiger partial charge in [0.2, 0.25) is 0 Å². The molecule has 4 aliphatic rings. The molecule has 3 fully saturated rings. The number of nitrogens with one attached hydrogen (secondary N) is 1. The van der Waals surface area contributed by atoms with Gasteiger partial charge in [0.1, 0.15) is 12.6 Å². The summed E-state index contributed by atoms with van der Waals surface area (Å²) in [6, 6.07) is 2.74. The molecule has 1 aromatic carbocycles. The van der Waals surface area contributed by atoms with Gasteiger partial charge in [0, 0.05) is 31.6 Å². The largest absolute Gasteiger partial charge is 0.492 e. The summed E-state index contributed by atoms with van der Waals surface area (Å²) in [4.78, 5) is 27.8. The van der Waals surface area contributed by atoms with Crippen LogP contribution < -0.4 is 10.8 Å². The second-order valence-electron chi connectivity index (χ2n) is 8.71. The quantitative estimate of drug-likeness (QED) is 0.477. The third-order valence-electron chi connectivity index (χ3n) is 6.19. The van der Waals surface area contributed by atoms with Gasteiger partial charge in [-0.3, -0.25) is 9.69 Å². The number of rotatable bonds is 7. The third-order valence-corrected chi connectivity index (χ3v) is 6.19. The van der Waals surface area contributed by atoms with Crippen molar-refractivity contribution in [1.29, 1.82) is 0 Å². The molecule has 2 N–H and O–H groups in total. The molecule has 2 bridgehead atoms. The van der Waals surface area contributed by atoms with Crippen LogP contribution in [0, 0.1) is 12.8 Å². The number of hydrogen-bond acceptors (Lipinski definition) is 7. The first-order valence-electron chi connectivity index (χ1n) is 10.6. The molecule has 5 rings (SSSR count). The molecule has 1 amide bonds. The molecule has 1 aromatic rings. The lowest BCUT2D eigenvalue weighted by molar-refractivity contribution is -0.183. The summed E-state index contributed by atoms with van der Waals surface area (Å²) in [6.07, 6.45) is 1.77. The van der Waals surface area contributed by atoms with Crippen molar-refractivity contribution >= 4 is 24.5 Å². The highest BCUT2D eigenvalue weighted by Crippen LogP contribution is 2.27. The van der Waals surface area contributed by atoms with E-state index in [1.165, 1.54) is 0 Å². The molecule has 30 heavy (non-hydrogen) atoms. The smallest absolute Gasteiger partial charge is 0.463 e. The molecule has 8 nitrogen and oxygen atoms in total. The van der Waals surface area contributed by atoms with Gasteiger partial charge in [0.15, 0.2) is 0 Å². The third kappa shape index (κ3) is 4.25. The van der Waals surface area contributed by atoms with E-state index < -0.39 is 19.1 Å². The van der Waals surface area contributed by atoms with Crippen LogP contribution in [0.1, 0.15) is 41.8 Å². The van der Waals surface area contributed by atoms with Crippen LogP contribution in [0.15, 0.2) is 12.1 Å². The molecular formula is C21H29BN2O6. The van der Waals surface area contributed by atoms with Crippen LogP contribution in [0.5, 0.6) is 0 Å². The zero-order chi connectivity index (χ0) is 21.4. The van der Waals surface area contributed by atoms with E-state index in [2.05, 4.69) is 10.2 Å². The molecule has 3 saturated heterocycles. The molecule has 0 radical (unpaired) electrons. The summed E-state index contributed by atoms with van der Waals surface area (Å²) in [5.41, 5.74) is 2.59. The fourth-order valence-corrected chi connectivity index (χ4v) is 4.46. The van der Waals surface area contributed by atoms with Crippen molar-refractivity contribution in [2.24, 2.45) is 5.92 Å². The average Bonchev–Trinajstić information content (AvgIpc) is 3.07. The summed E-state index contributed by atoms with van der Waals surface area (Å²) in [5.74, 6) is -0.918. The van der Waals surface area contributed by atoms with Crippen molar-refractivity contribution in [2.75, 3.05) is 26.2 Å². The Balaban J connectivity index is 1.34. The van der Waals surface area contributed by atoms with E-state index in [9.17, 15) is 14.6 Å². The first-order valence-corrected chi connectivity index (χ1v) is 10.6. The summed E-state index contributed by atoms with van der Waals surface area (Å²) in [6.45, 7) is 8.56. The van der Waals surface area contributed by atoms with Crippen molar-refractivity contribution in [1.82, 2.24) is 10.2 Å². The standard InChI is InChI=1S/C21H29BN2O6/c1-12(2)19(21(26)28-7-6-24-9-15-8-16(10-24)30-15)23-20(25)17-5-4-14-11-29-22(27)18(14)13(17)3/h4-5,12,15-16,19,27H,6-11H2,1-3H3,(H,23,25). The zero-order valence-corrected chi connectivity index (χ0v) is 17.7. The predicted octanol–water partition coefficient (Wildman–Crippen LogP) is -0.0166. The predicted molar refractivity (Wildman–Crippen MR) is 110 cm³/mol. The van der Waals surface area contributed by atoms with Gasteiger partial charge in [0.05, 0.1) is 18.8 Å². The number of amides is 1. The van der Waals surface area contributed by atoms with Gasteiger partial charge in [-0.05, 0) is 35.5 Å². The van der Waals surface area contributed by atoms with Crippen molar-refractivity contribution in [2.45, 2.75) is 52.0 Å². The second kappa shape index (κ2) is 8.67. The molecule has 0 aromatic heterocycles. The van der Waals surface area contributed by atoms with E-state index in [1.807, 2.05) is 13.8 Å². The highest BCUT2D eigenvalue weighted by molar-refractivity contribution is 6.62. The molecule has 4 heterocycles. The van der Waals surface area contributed by atoms with Gasteiger partial charge in [-0.25, -0.2) is 4.79 Å². The lowest BCUT2D eigenvalue weighted by Crippen LogP contribution is -2.57. The maximum Gasteiger partial charge on any atom is 0.492 e. The van der Waals surface area contributed by atoms with Crippen LogP contribution >= 0.6 is 0 Å². The minimum Gasteiger partial charge on any atom is -0.463 e. The molecular weight excluding hydrogens is 387 g/mol. The molecule has 4 aliphatic heterocycles. The number of nitrogens with zero attached hydrogens (tertiary/aromatic N) is 1. The number of hydrogen-bond donors (Lipinski definition) is 2. The normalized spacial score (nSPS) is 23.7. The van der Waals surface area contributed by atoms with E-state index in [4.69, 9.17) is 14.1 Å². The van der Waals surface area contributed by atoms with Crippen LogP contribution in [0.4, 0.5) is 0 Å². The summed E-state index contributed by atoms with van der Waals surface area (Å²) >= 11 is 0. The number of carbonyl (C=O) groups is 2. The monoisotopic (exact) mass is 416 g/mol. The Morgan fingerprint density at radius 2 is 2.03 bits per heavy atom. The lowest BCUT2D eigenvalue weighted by Gasteiger charge is -2.47. The van der Waals surface area contributed by atoms with E-state index in [1.54, 1.807) is 19.1 Å². The summed E-state index contributed by atoms with van der Waals surface area (Å²) in [5, 5.41) is 12.8. The minimum absolute atomic E-state index is 0.124. The molecule has 0 aliphatic carbocycles. The van der Waals surface area contributed by atoms with Crippen LogP contribution in [-0.2, 0) is 25.5 Å². The number of benzene rings is 1. The first-order chi connectivity index (χ1) is 14.3. The van der Waals surface area contributed by atoms with Crippen LogP contribution in [-0.4, -0.2) is 73.4 Å². The average molecular weight is 416 g/mol.